The highest BCUT2D eigenvalue weighted by atomic mass is 35.5. The number of hydrogen-bond acceptors (Lipinski definition) is 4. The van der Waals surface area contributed by atoms with Crippen molar-refractivity contribution in [3.8, 4) is 0 Å². The molecule has 0 aliphatic carbocycles. The van der Waals surface area contributed by atoms with Gasteiger partial charge in [-0.05, 0) is 24.1 Å². The van der Waals surface area contributed by atoms with Gasteiger partial charge in [-0.1, -0.05) is 68.1 Å². The van der Waals surface area contributed by atoms with E-state index in [9.17, 15) is 9.59 Å². The molecule has 0 fully saturated rings. The molecule has 3 aromatic rings. The van der Waals surface area contributed by atoms with Gasteiger partial charge in [0.05, 0.1) is 6.54 Å². The van der Waals surface area contributed by atoms with Crippen LogP contribution in [-0.2, 0) is 13.6 Å². The number of fused-ring (bicyclic) bond motifs is 1. The van der Waals surface area contributed by atoms with E-state index in [0.29, 0.717) is 22.7 Å². The zero-order valence-electron chi connectivity index (χ0n) is 16.2. The molecule has 150 valence electrons. The number of aromatic nitrogens is 4. The van der Waals surface area contributed by atoms with Crippen LogP contribution in [0.5, 0.6) is 0 Å². The maximum absolute atomic E-state index is 12.5. The molecule has 2 heterocycles. The van der Waals surface area contributed by atoms with Crippen molar-refractivity contribution in [1.29, 1.82) is 0 Å². The first-order valence-electron chi connectivity index (χ1n) is 9.58. The summed E-state index contributed by atoms with van der Waals surface area (Å²) in [7, 11) is 1.62. The molecule has 0 unspecified atom stereocenters. The van der Waals surface area contributed by atoms with E-state index in [1.807, 2.05) is 28.8 Å². The molecule has 0 bridgehead atoms. The highest BCUT2D eigenvalue weighted by Gasteiger charge is 2.17. The fourth-order valence-electron chi connectivity index (χ4n) is 3.11. The second-order valence-electron chi connectivity index (χ2n) is 6.86. The maximum atomic E-state index is 12.5. The van der Waals surface area contributed by atoms with Crippen LogP contribution in [-0.4, -0.2) is 24.9 Å². The average molecular weight is 421 g/mol. The lowest BCUT2D eigenvalue weighted by atomic mass is 10.2. The Morgan fingerprint density at radius 1 is 1.11 bits per heavy atom. The number of thioether (sulfide) groups is 1. The Balaban J connectivity index is 1.93. The number of aromatic amines is 1. The molecular formula is C20H25ClN4O2S. The second kappa shape index (κ2) is 9.47. The minimum absolute atomic E-state index is 0.408. The summed E-state index contributed by atoms with van der Waals surface area (Å²) >= 11 is 7.62. The summed E-state index contributed by atoms with van der Waals surface area (Å²) in [6.45, 7) is 2.70. The third-order valence-corrected chi connectivity index (χ3v) is 6.02. The monoisotopic (exact) mass is 420 g/mol. The Hall–Kier alpha value is -1.99. The molecule has 0 aliphatic rings. The first-order valence-corrected chi connectivity index (χ1v) is 10.9. The predicted octanol–water partition coefficient (Wildman–Crippen LogP) is 4.19. The first kappa shape index (κ1) is 20.7. The third-order valence-electron chi connectivity index (χ3n) is 4.71. The van der Waals surface area contributed by atoms with E-state index in [2.05, 4.69) is 16.9 Å². The van der Waals surface area contributed by atoms with Crippen LogP contribution in [0.4, 0.5) is 0 Å². The van der Waals surface area contributed by atoms with Crippen LogP contribution in [0.3, 0.4) is 0 Å². The van der Waals surface area contributed by atoms with E-state index < -0.39 is 11.2 Å². The van der Waals surface area contributed by atoms with Gasteiger partial charge in [0, 0.05) is 17.8 Å². The zero-order valence-corrected chi connectivity index (χ0v) is 17.8. The van der Waals surface area contributed by atoms with Gasteiger partial charge in [0.1, 0.15) is 0 Å². The minimum Gasteiger partial charge on any atom is -0.309 e. The van der Waals surface area contributed by atoms with Crippen LogP contribution in [0.25, 0.3) is 11.2 Å². The van der Waals surface area contributed by atoms with Crippen LogP contribution >= 0.6 is 23.4 Å². The van der Waals surface area contributed by atoms with Gasteiger partial charge in [-0.3, -0.25) is 14.3 Å². The predicted molar refractivity (Wildman–Crippen MR) is 116 cm³/mol. The average Bonchev–Trinajstić information content (AvgIpc) is 3.03. The van der Waals surface area contributed by atoms with Crippen molar-refractivity contribution < 1.29 is 0 Å². The molecule has 2 aromatic heterocycles. The summed E-state index contributed by atoms with van der Waals surface area (Å²) < 4.78 is 3.29. The van der Waals surface area contributed by atoms with E-state index in [1.165, 1.54) is 30.3 Å². The van der Waals surface area contributed by atoms with Crippen molar-refractivity contribution in [3.63, 3.8) is 0 Å². The number of halogens is 1. The van der Waals surface area contributed by atoms with E-state index in [-0.39, 0.29) is 0 Å². The SMILES string of the molecule is CCCCCCCSc1nc2c(c(=O)[nH]c(=O)n2C)n1Cc1ccc(Cl)cc1. The van der Waals surface area contributed by atoms with Gasteiger partial charge >= 0.3 is 5.69 Å². The third kappa shape index (κ3) is 4.70. The summed E-state index contributed by atoms with van der Waals surface area (Å²) in [5.74, 6) is 0.930. The van der Waals surface area contributed by atoms with E-state index in [1.54, 1.807) is 18.8 Å². The number of hydrogen-bond donors (Lipinski definition) is 1. The van der Waals surface area contributed by atoms with Gasteiger partial charge in [-0.2, -0.15) is 0 Å². The topological polar surface area (TPSA) is 72.7 Å². The van der Waals surface area contributed by atoms with Crippen LogP contribution in [0.15, 0.2) is 39.0 Å². The summed E-state index contributed by atoms with van der Waals surface area (Å²) in [5.41, 5.74) is 0.989. The number of rotatable bonds is 9. The quantitative estimate of drug-likeness (QED) is 0.416. The van der Waals surface area contributed by atoms with Crippen LogP contribution < -0.4 is 11.2 Å². The van der Waals surface area contributed by atoms with Crippen molar-refractivity contribution in [1.82, 2.24) is 19.1 Å². The summed E-state index contributed by atoms with van der Waals surface area (Å²) in [6, 6.07) is 7.53. The van der Waals surface area contributed by atoms with Gasteiger partial charge in [-0.15, -0.1) is 0 Å². The number of nitrogens with one attached hydrogen (secondary N) is 1. The van der Waals surface area contributed by atoms with Gasteiger partial charge in [0.25, 0.3) is 5.56 Å². The molecule has 0 saturated carbocycles. The van der Waals surface area contributed by atoms with Crippen molar-refractivity contribution in [2.45, 2.75) is 50.7 Å². The molecule has 3 rings (SSSR count). The molecule has 0 saturated heterocycles. The maximum Gasteiger partial charge on any atom is 0.329 e. The first-order chi connectivity index (χ1) is 13.5. The molecule has 0 spiro atoms. The van der Waals surface area contributed by atoms with Crippen LogP contribution in [0.1, 0.15) is 44.6 Å². The van der Waals surface area contributed by atoms with Gasteiger partial charge < -0.3 is 4.57 Å². The fourth-order valence-corrected chi connectivity index (χ4v) is 4.23. The normalized spacial score (nSPS) is 11.4. The molecule has 0 amide bonds. The molecule has 0 atom stereocenters. The van der Waals surface area contributed by atoms with E-state index in [0.717, 1.165) is 22.9 Å². The highest BCUT2D eigenvalue weighted by Crippen LogP contribution is 2.24. The largest absolute Gasteiger partial charge is 0.329 e. The van der Waals surface area contributed by atoms with Crippen molar-refractivity contribution in [2.24, 2.45) is 7.05 Å². The summed E-state index contributed by atoms with van der Waals surface area (Å²) in [5, 5.41) is 1.42. The second-order valence-corrected chi connectivity index (χ2v) is 8.36. The van der Waals surface area contributed by atoms with E-state index in [4.69, 9.17) is 11.6 Å². The van der Waals surface area contributed by atoms with Crippen LogP contribution in [0.2, 0.25) is 5.02 Å². The van der Waals surface area contributed by atoms with Gasteiger partial charge in [0.2, 0.25) is 0 Å². The fraction of sp³-hybridized carbons (Fsp3) is 0.450. The molecule has 6 nitrogen and oxygen atoms in total. The lowest BCUT2D eigenvalue weighted by molar-refractivity contribution is 0.658. The number of H-pyrrole nitrogens is 1. The molecule has 28 heavy (non-hydrogen) atoms. The van der Waals surface area contributed by atoms with Gasteiger partial charge in [0.15, 0.2) is 16.3 Å². The molecule has 1 N–H and O–H groups in total. The zero-order chi connectivity index (χ0) is 20.1. The number of benzene rings is 1. The minimum atomic E-state index is -0.454. The van der Waals surface area contributed by atoms with Crippen molar-refractivity contribution in [2.75, 3.05) is 5.75 Å². The highest BCUT2D eigenvalue weighted by molar-refractivity contribution is 7.99. The Morgan fingerprint density at radius 2 is 1.82 bits per heavy atom. The number of aryl methyl sites for hydroxylation is 1. The smallest absolute Gasteiger partial charge is 0.309 e. The summed E-state index contributed by atoms with van der Waals surface area (Å²) in [4.78, 5) is 31.5. The number of unbranched alkanes of at least 4 members (excludes halogenated alkanes) is 4. The molecule has 0 aliphatic heterocycles. The molecule has 8 heteroatoms. The lowest BCUT2D eigenvalue weighted by Gasteiger charge is -2.09. The number of imidazole rings is 1. The Kier molecular flexibility index (Phi) is 7.02. The van der Waals surface area contributed by atoms with E-state index >= 15 is 0 Å². The molecule has 0 radical (unpaired) electrons. The van der Waals surface area contributed by atoms with Crippen molar-refractivity contribution in [3.05, 3.63) is 55.7 Å². The lowest BCUT2D eigenvalue weighted by Crippen LogP contribution is -2.29. The number of nitrogens with zero attached hydrogens (tertiary/aromatic N) is 3. The Labute approximate surface area is 172 Å². The Morgan fingerprint density at radius 3 is 2.54 bits per heavy atom. The standard InChI is InChI=1S/C20H25ClN4O2S/c1-3-4-5-6-7-12-28-20-22-17-16(18(26)23-19(27)24(17)2)25(20)13-14-8-10-15(21)11-9-14/h8-11H,3-7,12-13H2,1-2H3,(H,23,26,27). The summed E-state index contributed by atoms with van der Waals surface area (Å²) in [6.07, 6.45) is 6.02. The Bertz CT molecular complexity index is 1050. The van der Waals surface area contributed by atoms with Crippen LogP contribution in [0, 0.1) is 0 Å². The molecular weight excluding hydrogens is 396 g/mol. The van der Waals surface area contributed by atoms with Crippen molar-refractivity contribution >= 4 is 34.5 Å². The van der Waals surface area contributed by atoms with Gasteiger partial charge in [-0.25, -0.2) is 9.78 Å². The molecule has 1 aromatic carbocycles.